The van der Waals surface area contributed by atoms with Crippen LogP contribution in [0.25, 0.3) is 11.0 Å². The summed E-state index contributed by atoms with van der Waals surface area (Å²) in [5.74, 6) is 0. The van der Waals surface area contributed by atoms with Crippen LogP contribution in [-0.2, 0) is 13.1 Å². The van der Waals surface area contributed by atoms with Gasteiger partial charge in [0.25, 0.3) is 0 Å². The summed E-state index contributed by atoms with van der Waals surface area (Å²) in [6.45, 7) is 1.26. The van der Waals surface area contributed by atoms with Crippen LogP contribution in [0, 0.1) is 11.3 Å². The maximum Gasteiger partial charge on any atom is 0.113 e. The van der Waals surface area contributed by atoms with Gasteiger partial charge in [0.15, 0.2) is 0 Å². The van der Waals surface area contributed by atoms with Crippen molar-refractivity contribution in [1.82, 2.24) is 24.5 Å². The second kappa shape index (κ2) is 5.97. The Hall–Kier alpha value is -3.46. The van der Waals surface area contributed by atoms with Gasteiger partial charge in [-0.1, -0.05) is 24.3 Å². The van der Waals surface area contributed by atoms with E-state index in [0.29, 0.717) is 18.7 Å². The highest BCUT2D eigenvalue weighted by atomic mass is 15.5. The maximum atomic E-state index is 8.87. The lowest BCUT2D eigenvalue weighted by Gasteiger charge is -2.08. The van der Waals surface area contributed by atoms with E-state index in [1.807, 2.05) is 54.7 Å². The highest BCUT2D eigenvalue weighted by molar-refractivity contribution is 5.72. The van der Waals surface area contributed by atoms with Crippen molar-refractivity contribution in [1.29, 1.82) is 5.26 Å². The third kappa shape index (κ3) is 2.75. The van der Waals surface area contributed by atoms with E-state index in [0.717, 1.165) is 22.3 Å². The van der Waals surface area contributed by atoms with Gasteiger partial charge in [0.05, 0.1) is 29.9 Å². The smallest absolute Gasteiger partial charge is 0.113 e. The Kier molecular flexibility index (Phi) is 3.52. The Morgan fingerprint density at radius 3 is 2.29 bits per heavy atom. The van der Waals surface area contributed by atoms with E-state index >= 15 is 0 Å². The third-order valence-electron chi connectivity index (χ3n) is 3.87. The first-order chi connectivity index (χ1) is 11.8. The molecule has 2 aromatic heterocycles. The van der Waals surface area contributed by atoms with Gasteiger partial charge in [0, 0.05) is 6.54 Å². The summed E-state index contributed by atoms with van der Waals surface area (Å²) in [5, 5.41) is 17.8. The molecule has 4 aromatic rings. The topological polar surface area (TPSA) is 72.3 Å². The molecule has 4 rings (SSSR count). The molecule has 0 fully saturated rings. The Balaban J connectivity index is 1.56. The number of imidazole rings is 1. The largest absolute Gasteiger partial charge is 0.328 e. The SMILES string of the molecule is N#Cc1ccc(Cn2cncc2Cn2nc3ccccc3n2)cc1. The van der Waals surface area contributed by atoms with Gasteiger partial charge in [0.2, 0.25) is 0 Å². The Bertz CT molecular complexity index is 987. The van der Waals surface area contributed by atoms with Crippen molar-refractivity contribution in [3.8, 4) is 6.07 Å². The molecule has 0 aliphatic rings. The quantitative estimate of drug-likeness (QED) is 0.580. The number of fused-ring (bicyclic) bond motifs is 1. The first-order valence-electron chi connectivity index (χ1n) is 7.60. The number of hydrogen-bond donors (Lipinski definition) is 0. The van der Waals surface area contributed by atoms with Crippen molar-refractivity contribution in [2.75, 3.05) is 0 Å². The van der Waals surface area contributed by atoms with Crippen molar-refractivity contribution >= 4 is 11.0 Å². The minimum absolute atomic E-state index is 0.560. The van der Waals surface area contributed by atoms with Crippen LogP contribution in [0.15, 0.2) is 61.1 Å². The maximum absolute atomic E-state index is 8.87. The zero-order valence-corrected chi connectivity index (χ0v) is 12.9. The van der Waals surface area contributed by atoms with E-state index in [1.54, 1.807) is 11.1 Å². The standard InChI is InChI=1S/C18H14N6/c19-9-14-5-7-15(8-6-14)11-23-13-20-10-16(23)12-24-21-17-3-1-2-4-18(17)22-24/h1-8,10,13H,11-12H2. The van der Waals surface area contributed by atoms with Crippen LogP contribution in [0.3, 0.4) is 0 Å². The molecule has 6 nitrogen and oxygen atoms in total. The fourth-order valence-electron chi connectivity index (χ4n) is 2.62. The van der Waals surface area contributed by atoms with Crippen LogP contribution in [0.4, 0.5) is 0 Å². The molecule has 0 radical (unpaired) electrons. The van der Waals surface area contributed by atoms with Gasteiger partial charge in [-0.2, -0.15) is 20.3 Å². The second-order valence-corrected chi connectivity index (χ2v) is 5.54. The molecule has 0 aliphatic heterocycles. The molecule has 2 heterocycles. The molecule has 0 spiro atoms. The van der Waals surface area contributed by atoms with Crippen molar-refractivity contribution < 1.29 is 0 Å². The number of rotatable bonds is 4. The van der Waals surface area contributed by atoms with E-state index < -0.39 is 0 Å². The molecule has 0 saturated heterocycles. The summed E-state index contributed by atoms with van der Waals surface area (Å²) >= 11 is 0. The molecular formula is C18H14N6. The molecule has 0 amide bonds. The molecule has 2 aromatic carbocycles. The van der Waals surface area contributed by atoms with E-state index in [2.05, 4.69) is 25.8 Å². The highest BCUT2D eigenvalue weighted by Gasteiger charge is 2.07. The molecule has 24 heavy (non-hydrogen) atoms. The normalized spacial score (nSPS) is 10.8. The Morgan fingerprint density at radius 2 is 1.62 bits per heavy atom. The number of aromatic nitrogens is 5. The first-order valence-corrected chi connectivity index (χ1v) is 7.60. The zero-order chi connectivity index (χ0) is 16.4. The molecular weight excluding hydrogens is 300 g/mol. The van der Waals surface area contributed by atoms with Crippen LogP contribution in [0.2, 0.25) is 0 Å². The predicted octanol–water partition coefficient (Wildman–Crippen LogP) is 2.60. The lowest BCUT2D eigenvalue weighted by atomic mass is 10.1. The van der Waals surface area contributed by atoms with Gasteiger partial charge in [-0.05, 0) is 29.8 Å². The number of nitrogens with zero attached hydrogens (tertiary/aromatic N) is 6. The van der Waals surface area contributed by atoms with Crippen LogP contribution in [-0.4, -0.2) is 24.5 Å². The van der Waals surface area contributed by atoms with E-state index in [4.69, 9.17) is 5.26 Å². The fraction of sp³-hybridized carbons (Fsp3) is 0.111. The van der Waals surface area contributed by atoms with Crippen LogP contribution >= 0.6 is 0 Å². The molecule has 6 heteroatoms. The number of benzene rings is 2. The Labute approximate surface area is 138 Å². The molecule has 0 bridgehead atoms. The first kappa shape index (κ1) is 14.2. The Morgan fingerprint density at radius 1 is 0.917 bits per heavy atom. The second-order valence-electron chi connectivity index (χ2n) is 5.54. The van der Waals surface area contributed by atoms with Crippen LogP contribution in [0.5, 0.6) is 0 Å². The summed E-state index contributed by atoms with van der Waals surface area (Å²) in [7, 11) is 0. The van der Waals surface area contributed by atoms with Gasteiger partial charge >= 0.3 is 0 Å². The van der Waals surface area contributed by atoms with Crippen LogP contribution in [0.1, 0.15) is 16.8 Å². The number of hydrogen-bond acceptors (Lipinski definition) is 4. The summed E-state index contributed by atoms with van der Waals surface area (Å²) in [5.41, 5.74) is 4.58. The van der Waals surface area contributed by atoms with Gasteiger partial charge in [-0.15, -0.1) is 0 Å². The molecule has 0 atom stereocenters. The van der Waals surface area contributed by atoms with Crippen molar-refractivity contribution in [3.63, 3.8) is 0 Å². The molecule has 0 aliphatic carbocycles. The molecule has 0 saturated carbocycles. The number of nitriles is 1. The lowest BCUT2D eigenvalue weighted by molar-refractivity contribution is 0.568. The fourth-order valence-corrected chi connectivity index (χ4v) is 2.62. The van der Waals surface area contributed by atoms with Crippen molar-refractivity contribution in [2.24, 2.45) is 0 Å². The van der Waals surface area contributed by atoms with E-state index in [9.17, 15) is 0 Å². The lowest BCUT2D eigenvalue weighted by Crippen LogP contribution is -2.10. The average Bonchev–Trinajstić information content (AvgIpc) is 3.22. The van der Waals surface area contributed by atoms with E-state index in [-0.39, 0.29) is 0 Å². The van der Waals surface area contributed by atoms with Gasteiger partial charge < -0.3 is 4.57 Å². The zero-order valence-electron chi connectivity index (χ0n) is 12.9. The molecule has 0 N–H and O–H groups in total. The van der Waals surface area contributed by atoms with Crippen molar-refractivity contribution in [2.45, 2.75) is 13.1 Å². The molecule has 0 unspecified atom stereocenters. The summed E-state index contributed by atoms with van der Waals surface area (Å²) in [4.78, 5) is 5.94. The molecule has 116 valence electrons. The average molecular weight is 314 g/mol. The van der Waals surface area contributed by atoms with E-state index in [1.165, 1.54) is 0 Å². The summed E-state index contributed by atoms with van der Waals surface area (Å²) < 4.78 is 2.06. The summed E-state index contributed by atoms with van der Waals surface area (Å²) in [6.07, 6.45) is 3.63. The monoisotopic (exact) mass is 314 g/mol. The van der Waals surface area contributed by atoms with Gasteiger partial charge in [-0.25, -0.2) is 4.98 Å². The summed E-state index contributed by atoms with van der Waals surface area (Å²) in [6, 6.07) is 17.5. The van der Waals surface area contributed by atoms with Crippen molar-refractivity contribution in [3.05, 3.63) is 77.9 Å². The highest BCUT2D eigenvalue weighted by Crippen LogP contribution is 2.11. The third-order valence-corrected chi connectivity index (χ3v) is 3.87. The minimum atomic E-state index is 0.560. The predicted molar refractivity (Wildman–Crippen MR) is 89.1 cm³/mol. The van der Waals surface area contributed by atoms with Gasteiger partial charge in [-0.3, -0.25) is 0 Å². The minimum Gasteiger partial charge on any atom is -0.328 e. The van der Waals surface area contributed by atoms with Crippen LogP contribution < -0.4 is 0 Å². The van der Waals surface area contributed by atoms with Gasteiger partial charge in [0.1, 0.15) is 17.6 Å².